The van der Waals surface area contributed by atoms with E-state index in [1.807, 2.05) is 29.0 Å². The summed E-state index contributed by atoms with van der Waals surface area (Å²) in [5.74, 6) is 0.547. The van der Waals surface area contributed by atoms with Gasteiger partial charge in [0.1, 0.15) is 17.9 Å². The summed E-state index contributed by atoms with van der Waals surface area (Å²) in [6.07, 6.45) is 4.21. The average Bonchev–Trinajstić information content (AvgIpc) is 3.62. The average molecular weight is 538 g/mol. The Labute approximate surface area is 226 Å². The van der Waals surface area contributed by atoms with Gasteiger partial charge in [-0.1, -0.05) is 11.6 Å². The van der Waals surface area contributed by atoms with Crippen molar-refractivity contribution < 1.29 is 9.53 Å². The minimum Gasteiger partial charge on any atom is -0.489 e. The molecule has 1 amide bonds. The van der Waals surface area contributed by atoms with E-state index in [-0.39, 0.29) is 23.8 Å². The number of likely N-dealkylation sites (tertiary alicyclic amines) is 1. The fourth-order valence-electron chi connectivity index (χ4n) is 5.02. The Morgan fingerprint density at radius 3 is 2.65 bits per heavy atom. The van der Waals surface area contributed by atoms with Crippen LogP contribution in [-0.4, -0.2) is 48.8 Å². The lowest BCUT2D eigenvalue weighted by Crippen LogP contribution is -2.35. The maximum absolute atomic E-state index is 13.4. The van der Waals surface area contributed by atoms with Crippen molar-refractivity contribution in [2.24, 2.45) is 0 Å². The quantitative estimate of drug-likeness (QED) is 0.230. The first-order chi connectivity index (χ1) is 18.0. The predicted octanol–water partition coefficient (Wildman–Crippen LogP) is 5.31. The molecule has 7 nitrogen and oxygen atoms in total. The van der Waals surface area contributed by atoms with Crippen LogP contribution >= 0.6 is 22.9 Å². The lowest BCUT2D eigenvalue weighted by molar-refractivity contribution is -0.121. The third kappa shape index (κ3) is 5.99. The van der Waals surface area contributed by atoms with Gasteiger partial charge in [-0.15, -0.1) is 0 Å². The van der Waals surface area contributed by atoms with E-state index in [9.17, 15) is 4.79 Å². The van der Waals surface area contributed by atoms with Crippen molar-refractivity contribution >= 4 is 45.9 Å². The maximum atomic E-state index is 13.4. The second kappa shape index (κ2) is 11.6. The molecule has 2 aliphatic rings. The number of carbonyl (C=O) groups excluding carboxylic acids is 1. The molecule has 0 spiro atoms. The Morgan fingerprint density at radius 1 is 1.16 bits per heavy atom. The lowest BCUT2D eigenvalue weighted by atomic mass is 10.00. The topological polar surface area (TPSA) is 103 Å². The summed E-state index contributed by atoms with van der Waals surface area (Å²) >= 11 is 8.13. The summed E-state index contributed by atoms with van der Waals surface area (Å²) in [6, 6.07) is 12.3. The number of nitrogens with zero attached hydrogens (tertiary/aromatic N) is 1. The summed E-state index contributed by atoms with van der Waals surface area (Å²) in [5.41, 5.74) is 9.74. The van der Waals surface area contributed by atoms with Crippen LogP contribution in [0.5, 0.6) is 5.75 Å². The van der Waals surface area contributed by atoms with Gasteiger partial charge in [0.15, 0.2) is 0 Å². The number of amides is 1. The molecule has 2 aromatic carbocycles. The van der Waals surface area contributed by atoms with Gasteiger partial charge in [0.25, 0.3) is 0 Å². The van der Waals surface area contributed by atoms with Gasteiger partial charge in [0.05, 0.1) is 10.7 Å². The highest BCUT2D eigenvalue weighted by Gasteiger charge is 2.30. The van der Waals surface area contributed by atoms with Crippen LogP contribution in [0.25, 0.3) is 0 Å². The van der Waals surface area contributed by atoms with Crippen LogP contribution in [0, 0.1) is 5.41 Å². The number of rotatable bonds is 8. The number of ether oxygens (including phenoxy) is 1. The highest BCUT2D eigenvalue weighted by molar-refractivity contribution is 7.08. The van der Waals surface area contributed by atoms with Gasteiger partial charge in [0, 0.05) is 22.5 Å². The highest BCUT2D eigenvalue weighted by Crippen LogP contribution is 2.31. The molecular weight excluding hydrogens is 506 g/mol. The Kier molecular flexibility index (Phi) is 8.10. The molecule has 3 aromatic rings. The minimum atomic E-state index is -0.333. The molecule has 2 saturated heterocycles. The molecule has 0 bridgehead atoms. The van der Waals surface area contributed by atoms with Crippen molar-refractivity contribution in [1.29, 1.82) is 5.41 Å². The van der Waals surface area contributed by atoms with Crippen molar-refractivity contribution in [3.63, 3.8) is 0 Å². The molecule has 2 fully saturated rings. The second-order valence-electron chi connectivity index (χ2n) is 9.58. The number of anilines is 2. The van der Waals surface area contributed by atoms with E-state index < -0.39 is 0 Å². The first kappa shape index (κ1) is 25.7. The van der Waals surface area contributed by atoms with Gasteiger partial charge in [0.2, 0.25) is 5.91 Å². The van der Waals surface area contributed by atoms with Crippen LogP contribution in [0.15, 0.2) is 53.2 Å². The van der Waals surface area contributed by atoms with E-state index >= 15 is 0 Å². The fraction of sp³-hybridized carbons (Fsp3) is 0.357. The molecule has 9 heteroatoms. The predicted molar refractivity (Wildman–Crippen MR) is 151 cm³/mol. The molecule has 2 aliphatic heterocycles. The first-order valence-electron chi connectivity index (χ1n) is 12.7. The Bertz CT molecular complexity index is 1250. The second-order valence-corrected chi connectivity index (χ2v) is 10.8. The zero-order valence-electron chi connectivity index (χ0n) is 20.6. The standard InChI is InChI=1S/C28H32ClN5O2S/c29-23-15-18(3-6-25(23)36-21-7-10-32-11-8-21)26(31)22-16-20(4-5-24(22)30)33-28(35)27(19-9-14-37-17-19)34-12-1-2-13-34/h3-6,9,14-17,21,27,31-32H,1-2,7-8,10-13,30H2,(H,33,35). The Morgan fingerprint density at radius 2 is 1.95 bits per heavy atom. The van der Waals surface area contributed by atoms with E-state index in [1.54, 1.807) is 35.6 Å². The molecule has 0 aliphatic carbocycles. The third-order valence-electron chi connectivity index (χ3n) is 7.00. The highest BCUT2D eigenvalue weighted by atomic mass is 35.5. The molecule has 0 radical (unpaired) electrons. The number of benzene rings is 2. The molecule has 3 heterocycles. The number of thiophene rings is 1. The third-order valence-corrected chi connectivity index (χ3v) is 8.00. The van der Waals surface area contributed by atoms with Crippen molar-refractivity contribution in [2.75, 3.05) is 37.2 Å². The minimum absolute atomic E-state index is 0.0787. The summed E-state index contributed by atoms with van der Waals surface area (Å²) in [5, 5.41) is 19.7. The molecule has 5 N–H and O–H groups in total. The number of nitrogen functional groups attached to an aromatic ring is 1. The zero-order chi connectivity index (χ0) is 25.8. The van der Waals surface area contributed by atoms with Crippen molar-refractivity contribution in [1.82, 2.24) is 10.2 Å². The van der Waals surface area contributed by atoms with Gasteiger partial charge in [-0.3, -0.25) is 15.1 Å². The van der Waals surface area contributed by atoms with Crippen LogP contribution in [0.1, 0.15) is 48.4 Å². The molecule has 1 atom stereocenters. The van der Waals surface area contributed by atoms with Crippen molar-refractivity contribution in [3.8, 4) is 5.75 Å². The van der Waals surface area contributed by atoms with E-state index in [2.05, 4.69) is 15.5 Å². The zero-order valence-corrected chi connectivity index (χ0v) is 22.2. The number of hydrogen-bond acceptors (Lipinski definition) is 7. The number of nitrogens with one attached hydrogen (secondary N) is 3. The SMILES string of the molecule is N=C(c1ccc(OC2CCNCC2)c(Cl)c1)c1cc(NC(=O)C(c2ccsc2)N2CCCC2)ccc1N. The summed E-state index contributed by atoms with van der Waals surface area (Å²) in [6.45, 7) is 3.68. The first-order valence-corrected chi connectivity index (χ1v) is 14.0. The van der Waals surface area contributed by atoms with Gasteiger partial charge in [-0.2, -0.15) is 11.3 Å². The summed E-state index contributed by atoms with van der Waals surface area (Å²) in [4.78, 5) is 15.6. The lowest BCUT2D eigenvalue weighted by Gasteiger charge is -2.26. The Hall–Kier alpha value is -2.91. The fourth-order valence-corrected chi connectivity index (χ4v) is 5.92. The van der Waals surface area contributed by atoms with E-state index in [0.717, 1.165) is 57.4 Å². The van der Waals surface area contributed by atoms with Crippen LogP contribution in [0.4, 0.5) is 11.4 Å². The number of halogens is 1. The van der Waals surface area contributed by atoms with E-state index in [0.29, 0.717) is 33.3 Å². The van der Waals surface area contributed by atoms with Gasteiger partial charge < -0.3 is 21.1 Å². The van der Waals surface area contributed by atoms with Crippen LogP contribution in [-0.2, 0) is 4.79 Å². The normalized spacial score (nSPS) is 17.4. The van der Waals surface area contributed by atoms with Crippen molar-refractivity contribution in [2.45, 2.75) is 37.8 Å². The molecule has 1 aromatic heterocycles. The van der Waals surface area contributed by atoms with E-state index in [4.69, 9.17) is 27.5 Å². The number of nitrogens with two attached hydrogens (primary N) is 1. The van der Waals surface area contributed by atoms with Crippen LogP contribution in [0.3, 0.4) is 0 Å². The summed E-state index contributed by atoms with van der Waals surface area (Å²) in [7, 11) is 0. The number of hydrogen-bond donors (Lipinski definition) is 4. The molecule has 5 rings (SSSR count). The molecule has 37 heavy (non-hydrogen) atoms. The molecule has 194 valence electrons. The van der Waals surface area contributed by atoms with Crippen LogP contribution < -0.4 is 21.1 Å². The molecule has 1 unspecified atom stereocenters. The molecule has 0 saturated carbocycles. The maximum Gasteiger partial charge on any atom is 0.246 e. The number of carbonyl (C=O) groups is 1. The largest absolute Gasteiger partial charge is 0.489 e. The number of piperidine rings is 1. The van der Waals surface area contributed by atoms with Gasteiger partial charge in [-0.25, -0.2) is 0 Å². The smallest absolute Gasteiger partial charge is 0.246 e. The van der Waals surface area contributed by atoms with Crippen molar-refractivity contribution in [3.05, 3.63) is 74.9 Å². The monoisotopic (exact) mass is 537 g/mol. The van der Waals surface area contributed by atoms with Crippen LogP contribution in [0.2, 0.25) is 5.02 Å². The summed E-state index contributed by atoms with van der Waals surface area (Å²) < 4.78 is 6.09. The Balaban J connectivity index is 1.33. The van der Waals surface area contributed by atoms with Gasteiger partial charge >= 0.3 is 0 Å². The van der Waals surface area contributed by atoms with Gasteiger partial charge in [-0.05, 0) is 111 Å². The van der Waals surface area contributed by atoms with E-state index in [1.165, 1.54) is 0 Å². The molecular formula is C28H32ClN5O2S.